The fourth-order valence-corrected chi connectivity index (χ4v) is 8.34. The molecule has 0 bridgehead atoms. The van der Waals surface area contributed by atoms with Gasteiger partial charge in [-0.2, -0.15) is 0 Å². The molecule has 0 unspecified atom stereocenters. The maximum absolute atomic E-state index is 6.57. The Balaban J connectivity index is 1.24. The van der Waals surface area contributed by atoms with E-state index in [9.17, 15) is 0 Å². The number of fused-ring (bicyclic) bond motifs is 10. The average molecular weight is 604 g/mol. The van der Waals surface area contributed by atoms with Crippen molar-refractivity contribution in [3.8, 4) is 33.5 Å². The second-order valence-corrected chi connectivity index (χ2v) is 12.9. The highest BCUT2D eigenvalue weighted by Crippen LogP contribution is 2.43. The van der Waals surface area contributed by atoms with Crippen LogP contribution < -0.4 is 0 Å². The molecule has 0 aliphatic carbocycles. The first-order valence-electron chi connectivity index (χ1n) is 15.5. The van der Waals surface area contributed by atoms with Crippen molar-refractivity contribution in [3.05, 3.63) is 152 Å². The Morgan fingerprint density at radius 1 is 0.478 bits per heavy atom. The highest BCUT2D eigenvalue weighted by Gasteiger charge is 2.18. The van der Waals surface area contributed by atoms with Crippen LogP contribution in [0.15, 0.2) is 156 Å². The van der Waals surface area contributed by atoms with Gasteiger partial charge in [-0.3, -0.25) is 0 Å². The molecule has 0 saturated carbocycles. The molecule has 0 aliphatic rings. The molecular formula is C43H25NOS. The molecule has 0 aliphatic heterocycles. The van der Waals surface area contributed by atoms with Gasteiger partial charge < -0.3 is 4.42 Å². The van der Waals surface area contributed by atoms with Crippen LogP contribution in [0.25, 0.3) is 97.3 Å². The summed E-state index contributed by atoms with van der Waals surface area (Å²) in [5.41, 5.74) is 9.52. The molecule has 2 nitrogen and oxygen atoms in total. The van der Waals surface area contributed by atoms with Gasteiger partial charge in [0.2, 0.25) is 0 Å². The summed E-state index contributed by atoms with van der Waals surface area (Å²) in [7, 11) is 0. The lowest BCUT2D eigenvalue weighted by Gasteiger charge is -2.12. The summed E-state index contributed by atoms with van der Waals surface area (Å²) in [6.45, 7) is 0. The van der Waals surface area contributed by atoms with E-state index in [-0.39, 0.29) is 0 Å². The van der Waals surface area contributed by atoms with Crippen molar-refractivity contribution < 1.29 is 4.42 Å². The van der Waals surface area contributed by atoms with Crippen LogP contribution >= 0.6 is 11.3 Å². The molecule has 0 saturated heterocycles. The minimum absolute atomic E-state index is 0.854. The minimum Gasteiger partial charge on any atom is -0.455 e. The molecule has 0 fully saturated rings. The van der Waals surface area contributed by atoms with Crippen LogP contribution in [0.5, 0.6) is 0 Å². The van der Waals surface area contributed by atoms with Gasteiger partial charge in [-0.25, -0.2) is 4.98 Å². The summed E-state index contributed by atoms with van der Waals surface area (Å²) < 4.78 is 9.20. The predicted molar refractivity (Wildman–Crippen MR) is 196 cm³/mol. The zero-order valence-corrected chi connectivity index (χ0v) is 25.5. The molecule has 46 heavy (non-hydrogen) atoms. The van der Waals surface area contributed by atoms with Crippen molar-refractivity contribution in [2.75, 3.05) is 0 Å². The third-order valence-corrected chi connectivity index (χ3v) is 10.5. The van der Waals surface area contributed by atoms with Gasteiger partial charge in [0.1, 0.15) is 11.2 Å². The Morgan fingerprint density at radius 2 is 1.22 bits per heavy atom. The zero-order chi connectivity index (χ0) is 30.2. The highest BCUT2D eigenvalue weighted by molar-refractivity contribution is 7.26. The molecule has 10 aromatic rings. The maximum atomic E-state index is 6.57. The second-order valence-electron chi connectivity index (χ2n) is 11.9. The Labute approximate surface area is 268 Å². The quantitative estimate of drug-likeness (QED) is 0.201. The van der Waals surface area contributed by atoms with E-state index in [4.69, 9.17) is 9.40 Å². The van der Waals surface area contributed by atoms with Crippen LogP contribution in [0.1, 0.15) is 0 Å². The fourth-order valence-electron chi connectivity index (χ4n) is 7.10. The van der Waals surface area contributed by atoms with E-state index in [2.05, 4.69) is 152 Å². The summed E-state index contributed by atoms with van der Waals surface area (Å²) in [6.07, 6.45) is 0. The lowest BCUT2D eigenvalue weighted by molar-refractivity contribution is 0.673. The van der Waals surface area contributed by atoms with E-state index in [0.717, 1.165) is 55.0 Å². The number of furan rings is 1. The van der Waals surface area contributed by atoms with Crippen molar-refractivity contribution in [1.29, 1.82) is 0 Å². The Morgan fingerprint density at radius 3 is 2.15 bits per heavy atom. The standard InChI is InChI=1S/C43H25NOS/c1-2-10-26(11-3-1)36-25-37(29-14-8-13-28(24-29)31-17-9-18-34-32-16-6-7-19-39(32)46-43(31)34)44-41-33(36)22-23-38-40(41)35-21-20-27-12-4-5-15-30(27)42(35)45-38/h1-25H. The van der Waals surface area contributed by atoms with E-state index in [1.807, 2.05) is 11.3 Å². The minimum atomic E-state index is 0.854. The van der Waals surface area contributed by atoms with Gasteiger partial charge in [-0.1, -0.05) is 115 Å². The molecule has 0 atom stereocenters. The first-order chi connectivity index (χ1) is 22.8. The predicted octanol–water partition coefficient (Wildman–Crippen LogP) is 12.7. The van der Waals surface area contributed by atoms with Crippen LogP contribution in [0, 0.1) is 0 Å². The third-order valence-electron chi connectivity index (χ3n) is 9.26. The van der Waals surface area contributed by atoms with Gasteiger partial charge in [0.15, 0.2) is 0 Å². The molecule has 214 valence electrons. The fraction of sp³-hybridized carbons (Fsp3) is 0. The number of benzene rings is 7. The molecule has 0 amide bonds. The molecule has 10 rings (SSSR count). The second kappa shape index (κ2) is 9.87. The lowest BCUT2D eigenvalue weighted by atomic mass is 9.95. The number of aromatic nitrogens is 1. The Bertz CT molecular complexity index is 2810. The van der Waals surface area contributed by atoms with Gasteiger partial charge in [0.05, 0.1) is 16.6 Å². The highest BCUT2D eigenvalue weighted by atomic mass is 32.1. The van der Waals surface area contributed by atoms with Gasteiger partial charge in [-0.05, 0) is 64.0 Å². The number of rotatable bonds is 3. The van der Waals surface area contributed by atoms with Crippen LogP contribution in [0.2, 0.25) is 0 Å². The Kier molecular flexibility index (Phi) is 5.48. The van der Waals surface area contributed by atoms with Crippen molar-refractivity contribution in [1.82, 2.24) is 4.98 Å². The number of pyridine rings is 1. The summed E-state index contributed by atoms with van der Waals surface area (Å²) in [5, 5.41) is 8.17. The first kappa shape index (κ1) is 25.5. The monoisotopic (exact) mass is 603 g/mol. The molecular weight excluding hydrogens is 579 g/mol. The van der Waals surface area contributed by atoms with Gasteiger partial charge in [0, 0.05) is 41.9 Å². The molecule has 3 aromatic heterocycles. The SMILES string of the molecule is c1ccc(-c2cc(-c3cccc(-c4cccc5c4sc4ccccc45)c3)nc3c2ccc2oc4c5ccccc5ccc4c23)cc1. The summed E-state index contributed by atoms with van der Waals surface area (Å²) in [5.74, 6) is 0. The molecule has 0 radical (unpaired) electrons. The van der Waals surface area contributed by atoms with Crippen molar-refractivity contribution >= 4 is 75.1 Å². The maximum Gasteiger partial charge on any atom is 0.143 e. The van der Waals surface area contributed by atoms with Gasteiger partial charge >= 0.3 is 0 Å². The summed E-state index contributed by atoms with van der Waals surface area (Å²) in [4.78, 5) is 5.44. The molecule has 3 heteroatoms. The van der Waals surface area contributed by atoms with Crippen molar-refractivity contribution in [2.24, 2.45) is 0 Å². The first-order valence-corrected chi connectivity index (χ1v) is 16.4. The number of nitrogens with zero attached hydrogens (tertiary/aromatic N) is 1. The van der Waals surface area contributed by atoms with Crippen LogP contribution in [-0.4, -0.2) is 4.98 Å². The van der Waals surface area contributed by atoms with Gasteiger partial charge in [0.25, 0.3) is 0 Å². The molecule has 3 heterocycles. The van der Waals surface area contributed by atoms with Crippen LogP contribution in [0.4, 0.5) is 0 Å². The van der Waals surface area contributed by atoms with Gasteiger partial charge in [-0.15, -0.1) is 11.3 Å². The molecule has 7 aromatic carbocycles. The van der Waals surface area contributed by atoms with Crippen molar-refractivity contribution in [3.63, 3.8) is 0 Å². The van der Waals surface area contributed by atoms with E-state index >= 15 is 0 Å². The smallest absolute Gasteiger partial charge is 0.143 e. The number of hydrogen-bond acceptors (Lipinski definition) is 3. The average Bonchev–Trinajstić information content (AvgIpc) is 3.71. The van der Waals surface area contributed by atoms with E-state index in [0.29, 0.717) is 0 Å². The molecule has 0 N–H and O–H groups in total. The summed E-state index contributed by atoms with van der Waals surface area (Å²) in [6, 6.07) is 54.1. The normalized spacial score (nSPS) is 11.9. The van der Waals surface area contributed by atoms with Crippen molar-refractivity contribution in [2.45, 2.75) is 0 Å². The van der Waals surface area contributed by atoms with Crippen LogP contribution in [-0.2, 0) is 0 Å². The van der Waals surface area contributed by atoms with Crippen LogP contribution in [0.3, 0.4) is 0 Å². The van der Waals surface area contributed by atoms with E-state index < -0.39 is 0 Å². The van der Waals surface area contributed by atoms with E-state index in [1.165, 1.54) is 42.2 Å². The number of thiophene rings is 1. The molecule has 0 spiro atoms. The zero-order valence-electron chi connectivity index (χ0n) is 24.7. The number of hydrogen-bond donors (Lipinski definition) is 0. The van der Waals surface area contributed by atoms with E-state index in [1.54, 1.807) is 0 Å². The third kappa shape index (κ3) is 3.79. The Hall–Kier alpha value is -5.77. The summed E-state index contributed by atoms with van der Waals surface area (Å²) >= 11 is 1.86. The largest absolute Gasteiger partial charge is 0.455 e. The lowest BCUT2D eigenvalue weighted by Crippen LogP contribution is -1.91. The topological polar surface area (TPSA) is 26.0 Å².